The van der Waals surface area contributed by atoms with Gasteiger partial charge in [0.1, 0.15) is 11.4 Å². The van der Waals surface area contributed by atoms with E-state index < -0.39 is 5.60 Å². The molecule has 0 aromatic carbocycles. The molecule has 0 saturated carbocycles. The summed E-state index contributed by atoms with van der Waals surface area (Å²) in [5.74, 6) is 0.761. The van der Waals surface area contributed by atoms with Gasteiger partial charge in [-0.2, -0.15) is 0 Å². The molecule has 0 aliphatic carbocycles. The van der Waals surface area contributed by atoms with Gasteiger partial charge in [-0.1, -0.05) is 26.3 Å². The van der Waals surface area contributed by atoms with E-state index in [-0.39, 0.29) is 6.09 Å². The number of rotatable bonds is 7. The van der Waals surface area contributed by atoms with Crippen molar-refractivity contribution in [1.82, 2.24) is 9.88 Å². The van der Waals surface area contributed by atoms with Gasteiger partial charge >= 0.3 is 6.09 Å². The topological polar surface area (TPSA) is 45.7 Å². The molecule has 0 spiro atoms. The van der Waals surface area contributed by atoms with Crippen LogP contribution >= 0.6 is 0 Å². The molecule has 26 heavy (non-hydrogen) atoms. The van der Waals surface area contributed by atoms with Crippen molar-refractivity contribution in [2.45, 2.75) is 78.4 Å². The Morgan fingerprint density at radius 3 is 2.77 bits per heavy atom. The van der Waals surface area contributed by atoms with E-state index in [1.807, 2.05) is 26.8 Å². The minimum atomic E-state index is -0.515. The number of anilines is 1. The number of ether oxygens (including phenoxy) is 1. The van der Waals surface area contributed by atoms with Crippen molar-refractivity contribution in [1.29, 1.82) is 0 Å². The predicted molar refractivity (Wildman–Crippen MR) is 107 cm³/mol. The molecule has 1 aliphatic heterocycles. The molecule has 1 amide bonds. The summed E-state index contributed by atoms with van der Waals surface area (Å²) in [5, 5.41) is 0. The number of pyridine rings is 1. The van der Waals surface area contributed by atoms with Crippen LogP contribution in [0.3, 0.4) is 0 Å². The highest BCUT2D eigenvalue weighted by Gasteiger charge is 2.31. The monoisotopic (exact) mass is 361 g/mol. The molecule has 1 fully saturated rings. The molecule has 1 unspecified atom stereocenters. The lowest BCUT2D eigenvalue weighted by atomic mass is 10.0. The van der Waals surface area contributed by atoms with E-state index in [0.717, 1.165) is 37.3 Å². The minimum absolute atomic E-state index is 0.308. The summed E-state index contributed by atoms with van der Waals surface area (Å²) >= 11 is 0. The second-order valence-electron chi connectivity index (χ2n) is 8.10. The van der Waals surface area contributed by atoms with Crippen molar-refractivity contribution in [3.05, 3.63) is 23.9 Å². The van der Waals surface area contributed by atoms with Gasteiger partial charge in [-0.25, -0.2) is 9.78 Å². The number of amides is 1. The standard InChI is InChI=1S/C21H35N3O2/c1-6-8-15-23-16-10-12-18(23)17-11-9-13-22-19(17)24(14-7-2)20(25)26-21(3,4)5/h9,11,13,18H,6-8,10,12,14-16H2,1-5H3. The lowest BCUT2D eigenvalue weighted by molar-refractivity contribution is 0.0578. The molecule has 1 aromatic rings. The van der Waals surface area contributed by atoms with Crippen LogP contribution in [0.25, 0.3) is 0 Å². The van der Waals surface area contributed by atoms with Gasteiger partial charge < -0.3 is 4.74 Å². The molecule has 5 heteroatoms. The number of hydrogen-bond acceptors (Lipinski definition) is 4. The fourth-order valence-corrected chi connectivity index (χ4v) is 3.53. The SMILES string of the molecule is CCCCN1CCCC1c1cccnc1N(CCC)C(=O)OC(C)(C)C. The summed E-state index contributed by atoms with van der Waals surface area (Å²) in [6, 6.07) is 4.45. The van der Waals surface area contributed by atoms with Gasteiger partial charge in [0, 0.05) is 24.3 Å². The largest absolute Gasteiger partial charge is 0.443 e. The molecular weight excluding hydrogens is 326 g/mol. The number of aromatic nitrogens is 1. The van der Waals surface area contributed by atoms with Crippen LogP contribution in [0.15, 0.2) is 18.3 Å². The lowest BCUT2D eigenvalue weighted by Gasteiger charge is -2.31. The van der Waals surface area contributed by atoms with Crippen LogP contribution in [0.5, 0.6) is 0 Å². The number of carbonyl (C=O) groups excluding carboxylic acids is 1. The van der Waals surface area contributed by atoms with Crippen LogP contribution in [-0.4, -0.2) is 41.2 Å². The summed E-state index contributed by atoms with van der Waals surface area (Å²) < 4.78 is 5.65. The van der Waals surface area contributed by atoms with E-state index in [1.165, 1.54) is 19.3 Å². The number of nitrogens with zero attached hydrogens (tertiary/aromatic N) is 3. The van der Waals surface area contributed by atoms with Gasteiger partial charge in [0.05, 0.1) is 0 Å². The van der Waals surface area contributed by atoms with Gasteiger partial charge in [-0.3, -0.25) is 9.80 Å². The van der Waals surface area contributed by atoms with Gasteiger partial charge in [0.25, 0.3) is 0 Å². The van der Waals surface area contributed by atoms with E-state index >= 15 is 0 Å². The number of likely N-dealkylation sites (tertiary alicyclic amines) is 1. The third-order valence-electron chi connectivity index (χ3n) is 4.66. The second kappa shape index (κ2) is 9.36. The van der Waals surface area contributed by atoms with Crippen LogP contribution in [0, 0.1) is 0 Å². The first-order valence-electron chi connectivity index (χ1n) is 10.1. The Balaban J connectivity index is 2.31. The van der Waals surface area contributed by atoms with Crippen molar-refractivity contribution < 1.29 is 9.53 Å². The Morgan fingerprint density at radius 1 is 1.35 bits per heavy atom. The molecular formula is C21H35N3O2. The molecule has 1 atom stereocenters. The summed E-state index contributed by atoms with van der Waals surface area (Å²) in [6.07, 6.45) is 7.05. The fourth-order valence-electron chi connectivity index (χ4n) is 3.53. The zero-order valence-electron chi connectivity index (χ0n) is 17.1. The second-order valence-corrected chi connectivity index (χ2v) is 8.10. The average molecular weight is 362 g/mol. The molecule has 146 valence electrons. The molecule has 1 saturated heterocycles. The normalized spacial score (nSPS) is 18.1. The van der Waals surface area contributed by atoms with Crippen LogP contribution in [0.4, 0.5) is 10.6 Å². The first-order valence-corrected chi connectivity index (χ1v) is 10.1. The molecule has 0 N–H and O–H groups in total. The highest BCUT2D eigenvalue weighted by atomic mass is 16.6. The van der Waals surface area contributed by atoms with E-state index in [0.29, 0.717) is 12.6 Å². The molecule has 2 heterocycles. The van der Waals surface area contributed by atoms with Crippen molar-refractivity contribution in [3.63, 3.8) is 0 Å². The fraction of sp³-hybridized carbons (Fsp3) is 0.714. The van der Waals surface area contributed by atoms with Gasteiger partial charge in [-0.15, -0.1) is 0 Å². The zero-order chi connectivity index (χ0) is 19.2. The van der Waals surface area contributed by atoms with Crippen LogP contribution in [-0.2, 0) is 4.74 Å². The molecule has 1 aromatic heterocycles. The van der Waals surface area contributed by atoms with Crippen LogP contribution in [0.2, 0.25) is 0 Å². The quantitative estimate of drug-likeness (QED) is 0.672. The van der Waals surface area contributed by atoms with Crippen molar-refractivity contribution >= 4 is 11.9 Å². The summed E-state index contributed by atoms with van der Waals surface area (Å²) in [6.45, 7) is 12.8. The third kappa shape index (κ3) is 5.44. The first-order chi connectivity index (χ1) is 12.4. The summed E-state index contributed by atoms with van der Waals surface area (Å²) in [5.41, 5.74) is 0.638. The lowest BCUT2D eigenvalue weighted by Crippen LogP contribution is -2.39. The summed E-state index contributed by atoms with van der Waals surface area (Å²) in [4.78, 5) is 21.7. The van der Waals surface area contributed by atoms with Crippen molar-refractivity contribution in [2.75, 3.05) is 24.5 Å². The maximum absolute atomic E-state index is 12.8. The Labute approximate surface area is 158 Å². The van der Waals surface area contributed by atoms with Gasteiger partial charge in [-0.05, 0) is 65.6 Å². The summed E-state index contributed by atoms with van der Waals surface area (Å²) in [7, 11) is 0. The van der Waals surface area contributed by atoms with Crippen molar-refractivity contribution in [2.24, 2.45) is 0 Å². The highest BCUT2D eigenvalue weighted by Crippen LogP contribution is 2.36. The van der Waals surface area contributed by atoms with E-state index in [4.69, 9.17) is 4.74 Å². The van der Waals surface area contributed by atoms with E-state index in [9.17, 15) is 4.79 Å². The Kier molecular flexibility index (Phi) is 7.44. The molecule has 5 nitrogen and oxygen atoms in total. The van der Waals surface area contributed by atoms with E-state index in [2.05, 4.69) is 29.8 Å². The van der Waals surface area contributed by atoms with Crippen LogP contribution < -0.4 is 4.90 Å². The molecule has 0 bridgehead atoms. The zero-order valence-corrected chi connectivity index (χ0v) is 17.1. The van der Waals surface area contributed by atoms with Crippen LogP contribution in [0.1, 0.15) is 78.3 Å². The van der Waals surface area contributed by atoms with Crippen molar-refractivity contribution in [3.8, 4) is 0 Å². The number of unbranched alkanes of at least 4 members (excludes halogenated alkanes) is 1. The molecule has 1 aliphatic rings. The van der Waals surface area contributed by atoms with E-state index in [1.54, 1.807) is 11.1 Å². The van der Waals surface area contributed by atoms with Gasteiger partial charge in [0.2, 0.25) is 0 Å². The highest BCUT2D eigenvalue weighted by molar-refractivity contribution is 5.87. The molecule has 0 radical (unpaired) electrons. The Hall–Kier alpha value is -1.62. The average Bonchev–Trinajstić information content (AvgIpc) is 3.04. The van der Waals surface area contributed by atoms with Gasteiger partial charge in [0.15, 0.2) is 0 Å². The maximum Gasteiger partial charge on any atom is 0.416 e. The Morgan fingerprint density at radius 2 is 2.12 bits per heavy atom. The Bertz CT molecular complexity index is 583. The third-order valence-corrected chi connectivity index (χ3v) is 4.66. The minimum Gasteiger partial charge on any atom is -0.443 e. The molecule has 2 rings (SSSR count). The predicted octanol–water partition coefficient (Wildman–Crippen LogP) is 5.17. The number of carbonyl (C=O) groups is 1. The first kappa shape index (κ1) is 20.7. The number of hydrogen-bond donors (Lipinski definition) is 0. The maximum atomic E-state index is 12.8. The smallest absolute Gasteiger partial charge is 0.416 e.